The van der Waals surface area contributed by atoms with Gasteiger partial charge < -0.3 is 10.2 Å². The molecule has 1 fully saturated rings. The number of carbonyl (C=O) groups excluding carboxylic acids is 4. The monoisotopic (exact) mass is 449 g/mol. The van der Waals surface area contributed by atoms with E-state index in [9.17, 15) is 19.2 Å². The molecule has 1 unspecified atom stereocenters. The second-order valence-corrected chi connectivity index (χ2v) is 8.35. The molecule has 160 valence electrons. The third-order valence-corrected chi connectivity index (χ3v) is 7.12. The number of nitrogens with zero attached hydrogens (tertiary/aromatic N) is 2. The number of thioether (sulfide) groups is 1. The third-order valence-electron chi connectivity index (χ3n) is 5.86. The molecule has 9 heteroatoms. The molecular formula is C21H24ClN3O4S. The van der Waals surface area contributed by atoms with Crippen molar-refractivity contribution in [2.24, 2.45) is 0 Å². The van der Waals surface area contributed by atoms with E-state index in [4.69, 9.17) is 0 Å². The van der Waals surface area contributed by atoms with Crippen molar-refractivity contribution < 1.29 is 19.2 Å². The first-order chi connectivity index (χ1) is 13.9. The Morgan fingerprint density at radius 3 is 2.33 bits per heavy atom. The Kier molecular flexibility index (Phi) is 6.40. The highest BCUT2D eigenvalue weighted by molar-refractivity contribution is 8.04. The minimum atomic E-state index is -1.44. The minimum Gasteiger partial charge on any atom is -0.318 e. The summed E-state index contributed by atoms with van der Waals surface area (Å²) < 4.78 is 0. The zero-order chi connectivity index (χ0) is 20.8. The first-order valence-electron chi connectivity index (χ1n) is 9.87. The SMILES string of the molecule is CCN(CC)CCCN1C(=O)NC2(CSC3=C2C(=O)c2ccccc2C3=O)C1=O.Cl. The number of halogens is 1. The van der Waals surface area contributed by atoms with Gasteiger partial charge in [0.1, 0.15) is 0 Å². The van der Waals surface area contributed by atoms with Crippen LogP contribution in [0.15, 0.2) is 34.7 Å². The lowest BCUT2D eigenvalue weighted by atomic mass is 9.79. The molecule has 1 saturated heterocycles. The summed E-state index contributed by atoms with van der Waals surface area (Å²) in [5.41, 5.74) is -0.656. The maximum absolute atomic E-state index is 13.3. The zero-order valence-corrected chi connectivity index (χ0v) is 18.5. The summed E-state index contributed by atoms with van der Waals surface area (Å²) in [6.45, 7) is 7.02. The van der Waals surface area contributed by atoms with Crippen LogP contribution in [0.4, 0.5) is 4.79 Å². The van der Waals surface area contributed by atoms with Crippen molar-refractivity contribution in [3.63, 3.8) is 0 Å². The van der Waals surface area contributed by atoms with E-state index >= 15 is 0 Å². The van der Waals surface area contributed by atoms with Crippen LogP contribution in [-0.2, 0) is 4.79 Å². The van der Waals surface area contributed by atoms with Gasteiger partial charge in [0.05, 0.1) is 10.5 Å². The highest BCUT2D eigenvalue weighted by Crippen LogP contribution is 2.47. The van der Waals surface area contributed by atoms with Crippen molar-refractivity contribution in [2.45, 2.75) is 25.8 Å². The van der Waals surface area contributed by atoms with E-state index in [1.807, 2.05) is 0 Å². The van der Waals surface area contributed by atoms with Gasteiger partial charge in [-0.15, -0.1) is 24.2 Å². The number of ketones is 2. The highest BCUT2D eigenvalue weighted by Gasteiger charge is 2.60. The number of allylic oxidation sites excluding steroid dienone is 1. The molecule has 0 saturated carbocycles. The molecule has 4 rings (SSSR count). The number of urea groups is 1. The molecule has 1 spiro atoms. The Labute approximate surface area is 185 Å². The number of benzene rings is 1. The summed E-state index contributed by atoms with van der Waals surface area (Å²) in [7, 11) is 0. The van der Waals surface area contributed by atoms with E-state index in [2.05, 4.69) is 24.1 Å². The second kappa shape index (κ2) is 8.53. The van der Waals surface area contributed by atoms with Crippen LogP contribution in [0.25, 0.3) is 0 Å². The zero-order valence-electron chi connectivity index (χ0n) is 16.9. The van der Waals surface area contributed by atoms with Crippen LogP contribution in [0.2, 0.25) is 0 Å². The van der Waals surface area contributed by atoms with E-state index in [1.54, 1.807) is 24.3 Å². The van der Waals surface area contributed by atoms with Gasteiger partial charge in [0.15, 0.2) is 11.3 Å². The van der Waals surface area contributed by atoms with Crippen molar-refractivity contribution >= 4 is 47.7 Å². The van der Waals surface area contributed by atoms with Crippen LogP contribution >= 0.6 is 24.2 Å². The lowest BCUT2D eigenvalue weighted by Gasteiger charge is -2.26. The van der Waals surface area contributed by atoms with Gasteiger partial charge in [0.2, 0.25) is 5.78 Å². The molecule has 2 heterocycles. The molecule has 0 aromatic heterocycles. The molecule has 1 aliphatic carbocycles. The average Bonchev–Trinajstić information content (AvgIpc) is 3.22. The number of fused-ring (bicyclic) bond motifs is 2. The number of rotatable bonds is 6. The molecule has 1 aromatic rings. The number of amides is 3. The third kappa shape index (κ3) is 3.27. The fourth-order valence-corrected chi connectivity index (χ4v) is 5.57. The van der Waals surface area contributed by atoms with Crippen LogP contribution in [-0.4, -0.2) is 70.8 Å². The molecule has 3 aliphatic rings. The largest absolute Gasteiger partial charge is 0.325 e. The van der Waals surface area contributed by atoms with Crippen molar-refractivity contribution in [1.29, 1.82) is 0 Å². The standard InChI is InChI=1S/C21H23N3O4S.ClH/c1-3-23(4-2)10-7-11-24-19(27)21(22-20(24)28)12-29-18-15(21)16(25)13-8-5-6-9-14(13)17(18)26;/h5-6,8-9H,3-4,7,10-12H2,1-2H3,(H,22,28);1H. The topological polar surface area (TPSA) is 86.8 Å². The summed E-state index contributed by atoms with van der Waals surface area (Å²) in [6.07, 6.45) is 0.658. The number of carbonyl (C=O) groups is 4. The first-order valence-corrected chi connectivity index (χ1v) is 10.9. The molecule has 0 bridgehead atoms. The molecule has 30 heavy (non-hydrogen) atoms. The predicted octanol–water partition coefficient (Wildman–Crippen LogP) is 2.51. The van der Waals surface area contributed by atoms with Crippen LogP contribution in [0.3, 0.4) is 0 Å². The van der Waals surface area contributed by atoms with Gasteiger partial charge in [-0.2, -0.15) is 0 Å². The Balaban J connectivity index is 0.00000256. The van der Waals surface area contributed by atoms with Crippen LogP contribution in [0.1, 0.15) is 41.0 Å². The summed E-state index contributed by atoms with van der Waals surface area (Å²) in [5, 5.41) is 2.75. The fourth-order valence-electron chi connectivity index (χ4n) is 4.22. The van der Waals surface area contributed by atoms with E-state index < -0.39 is 17.5 Å². The van der Waals surface area contributed by atoms with Crippen LogP contribution < -0.4 is 5.32 Å². The molecular weight excluding hydrogens is 426 g/mol. The van der Waals surface area contributed by atoms with E-state index in [1.165, 1.54) is 16.7 Å². The van der Waals surface area contributed by atoms with Gasteiger partial charge in [0, 0.05) is 23.4 Å². The van der Waals surface area contributed by atoms with Crippen molar-refractivity contribution in [3.8, 4) is 0 Å². The second-order valence-electron chi connectivity index (χ2n) is 7.37. The number of hydrogen-bond donors (Lipinski definition) is 1. The Bertz CT molecular complexity index is 959. The van der Waals surface area contributed by atoms with E-state index in [0.29, 0.717) is 17.5 Å². The molecule has 1 N–H and O–H groups in total. The number of nitrogens with one attached hydrogen (secondary N) is 1. The maximum atomic E-state index is 13.3. The van der Waals surface area contributed by atoms with Gasteiger partial charge in [-0.05, 0) is 26.1 Å². The molecule has 1 aromatic carbocycles. The lowest BCUT2D eigenvalue weighted by molar-refractivity contribution is -0.129. The van der Waals surface area contributed by atoms with Crippen LogP contribution in [0.5, 0.6) is 0 Å². The van der Waals surface area contributed by atoms with Crippen LogP contribution in [0, 0.1) is 0 Å². The quantitative estimate of drug-likeness (QED) is 0.671. The average molecular weight is 450 g/mol. The summed E-state index contributed by atoms with van der Waals surface area (Å²) in [4.78, 5) is 55.7. The predicted molar refractivity (Wildman–Crippen MR) is 117 cm³/mol. The molecule has 7 nitrogen and oxygen atoms in total. The Morgan fingerprint density at radius 2 is 1.70 bits per heavy atom. The number of hydrogen-bond acceptors (Lipinski definition) is 6. The number of Topliss-reactive ketones (excluding diaryl/α,β-unsaturated/α-hetero) is 2. The first kappa shape index (κ1) is 22.5. The van der Waals surface area contributed by atoms with Gasteiger partial charge in [-0.25, -0.2) is 4.79 Å². The number of imide groups is 1. The highest BCUT2D eigenvalue weighted by atomic mass is 35.5. The maximum Gasteiger partial charge on any atom is 0.325 e. The van der Waals surface area contributed by atoms with E-state index in [-0.39, 0.29) is 46.7 Å². The van der Waals surface area contributed by atoms with Crippen molar-refractivity contribution in [1.82, 2.24) is 15.1 Å². The summed E-state index contributed by atoms with van der Waals surface area (Å²) in [5.74, 6) is -0.863. The van der Waals surface area contributed by atoms with E-state index in [0.717, 1.165) is 19.6 Å². The Morgan fingerprint density at radius 1 is 1.07 bits per heavy atom. The lowest BCUT2D eigenvalue weighted by Crippen LogP contribution is -2.52. The molecule has 0 radical (unpaired) electrons. The molecule has 1 atom stereocenters. The Hall–Kier alpha value is -2.16. The van der Waals surface area contributed by atoms with Crippen molar-refractivity contribution in [3.05, 3.63) is 45.9 Å². The van der Waals surface area contributed by atoms with Gasteiger partial charge in [-0.1, -0.05) is 38.1 Å². The van der Waals surface area contributed by atoms with Gasteiger partial charge >= 0.3 is 6.03 Å². The normalized spacial score (nSPS) is 22.6. The minimum absolute atomic E-state index is 0. The summed E-state index contributed by atoms with van der Waals surface area (Å²) >= 11 is 1.18. The molecule has 3 amide bonds. The van der Waals surface area contributed by atoms with Gasteiger partial charge in [-0.3, -0.25) is 19.3 Å². The van der Waals surface area contributed by atoms with Crippen molar-refractivity contribution in [2.75, 3.05) is 31.9 Å². The molecule has 2 aliphatic heterocycles. The van der Waals surface area contributed by atoms with Gasteiger partial charge in [0.25, 0.3) is 5.91 Å². The fraction of sp³-hybridized carbons (Fsp3) is 0.429. The smallest absolute Gasteiger partial charge is 0.318 e. The summed E-state index contributed by atoms with van der Waals surface area (Å²) in [6, 6.07) is 6.13.